The summed E-state index contributed by atoms with van der Waals surface area (Å²) in [6.07, 6.45) is 3.87. The average molecular weight is 295 g/mol. The molecule has 0 aromatic carbocycles. The monoisotopic (exact) mass is 295 g/mol. The van der Waals surface area contributed by atoms with Crippen LogP contribution < -0.4 is 5.32 Å². The van der Waals surface area contributed by atoms with E-state index in [0.717, 1.165) is 24.3 Å². The lowest BCUT2D eigenvalue weighted by Crippen LogP contribution is -2.55. The highest BCUT2D eigenvalue weighted by Gasteiger charge is 2.54. The van der Waals surface area contributed by atoms with Gasteiger partial charge >= 0.3 is 6.09 Å². The molecule has 4 nitrogen and oxygen atoms in total. The molecule has 3 unspecified atom stereocenters. The minimum absolute atomic E-state index is 0.186. The number of hydrogen-bond acceptors (Lipinski definition) is 3. The molecule has 1 saturated carbocycles. The van der Waals surface area contributed by atoms with Gasteiger partial charge in [-0.25, -0.2) is 4.79 Å². The fourth-order valence-corrected chi connectivity index (χ4v) is 3.61. The van der Waals surface area contributed by atoms with Crippen LogP contribution in [0.5, 0.6) is 0 Å². The van der Waals surface area contributed by atoms with Crippen molar-refractivity contribution in [2.45, 2.75) is 65.6 Å². The predicted octanol–water partition coefficient (Wildman–Crippen LogP) is 3.25. The standard InChI is InChI=1S/C17H29NO3/c1-15(2,3)21-14(19)18-10-17(6,20)12-8-7-11-9-13(12)16(11,4)5/h8,11,13,20H,7,9-10H2,1-6H3,(H,18,19). The van der Waals surface area contributed by atoms with Crippen LogP contribution >= 0.6 is 0 Å². The zero-order valence-electron chi connectivity index (χ0n) is 14.1. The largest absolute Gasteiger partial charge is 0.444 e. The van der Waals surface area contributed by atoms with E-state index in [1.807, 2.05) is 20.8 Å². The molecule has 3 rings (SSSR count). The molecule has 1 amide bonds. The number of alkyl carbamates (subject to hydrolysis) is 1. The lowest BCUT2D eigenvalue weighted by Gasteiger charge is -2.58. The number of allylic oxidation sites excluding steroid dienone is 1. The minimum atomic E-state index is -1.01. The molecule has 0 aromatic rings. The Balaban J connectivity index is 1.97. The topological polar surface area (TPSA) is 58.6 Å². The number of hydrogen-bond donors (Lipinski definition) is 2. The van der Waals surface area contributed by atoms with Gasteiger partial charge in [-0.2, -0.15) is 0 Å². The second kappa shape index (κ2) is 5.01. The van der Waals surface area contributed by atoms with Gasteiger partial charge in [0.1, 0.15) is 11.2 Å². The van der Waals surface area contributed by atoms with E-state index in [0.29, 0.717) is 5.92 Å². The number of fused-ring (bicyclic) bond motifs is 1. The van der Waals surface area contributed by atoms with Crippen LogP contribution in [0.2, 0.25) is 0 Å². The zero-order valence-corrected chi connectivity index (χ0v) is 14.1. The normalized spacial score (nSPS) is 29.8. The number of nitrogens with one attached hydrogen (secondary N) is 1. The maximum absolute atomic E-state index is 11.7. The number of ether oxygens (including phenoxy) is 1. The highest BCUT2D eigenvalue weighted by atomic mass is 16.6. The van der Waals surface area contributed by atoms with Crippen molar-refractivity contribution < 1.29 is 14.6 Å². The summed E-state index contributed by atoms with van der Waals surface area (Å²) in [5, 5.41) is 13.5. The molecule has 0 spiro atoms. The molecule has 2 N–H and O–H groups in total. The lowest BCUT2D eigenvalue weighted by atomic mass is 9.47. The molecule has 0 aromatic heterocycles. The predicted molar refractivity (Wildman–Crippen MR) is 82.9 cm³/mol. The fraction of sp³-hybridized carbons (Fsp3) is 0.824. The number of carbonyl (C=O) groups excluding carboxylic acids is 1. The summed E-state index contributed by atoms with van der Waals surface area (Å²) in [6.45, 7) is 12.0. The molecule has 2 bridgehead atoms. The van der Waals surface area contributed by atoms with E-state index in [-0.39, 0.29) is 12.0 Å². The Bertz CT molecular complexity index is 457. The van der Waals surface area contributed by atoms with Crippen LogP contribution in [0.3, 0.4) is 0 Å². The molecule has 3 aliphatic rings. The van der Waals surface area contributed by atoms with Crippen LogP contribution in [-0.2, 0) is 4.74 Å². The Labute approximate surface area is 127 Å². The van der Waals surface area contributed by atoms with Crippen molar-refractivity contribution in [3.8, 4) is 0 Å². The first-order valence-electron chi connectivity index (χ1n) is 7.83. The Kier molecular flexibility index (Phi) is 3.90. The smallest absolute Gasteiger partial charge is 0.407 e. The molecule has 1 fully saturated rings. The molecule has 3 aliphatic carbocycles. The van der Waals surface area contributed by atoms with Crippen LogP contribution in [-0.4, -0.2) is 28.9 Å². The molecular weight excluding hydrogens is 266 g/mol. The molecule has 3 atom stereocenters. The number of amides is 1. The Hall–Kier alpha value is -1.03. The van der Waals surface area contributed by atoms with Gasteiger partial charge in [-0.3, -0.25) is 0 Å². The quantitative estimate of drug-likeness (QED) is 0.786. The summed E-state index contributed by atoms with van der Waals surface area (Å²) in [4.78, 5) is 11.7. The number of aliphatic hydroxyl groups is 1. The first-order valence-corrected chi connectivity index (χ1v) is 7.83. The van der Waals surface area contributed by atoms with Crippen LogP contribution in [0.4, 0.5) is 4.79 Å². The van der Waals surface area contributed by atoms with Gasteiger partial charge in [0, 0.05) is 0 Å². The van der Waals surface area contributed by atoms with Gasteiger partial charge in [0.25, 0.3) is 0 Å². The summed E-state index contributed by atoms with van der Waals surface area (Å²) in [5.41, 5.74) is -0.195. The van der Waals surface area contributed by atoms with Crippen molar-refractivity contribution in [1.82, 2.24) is 5.32 Å². The first kappa shape index (κ1) is 16.3. The molecule has 4 heteroatoms. The van der Waals surface area contributed by atoms with Crippen LogP contribution in [0, 0.1) is 17.3 Å². The fourth-order valence-electron chi connectivity index (χ4n) is 3.61. The maximum atomic E-state index is 11.7. The number of carbonyl (C=O) groups is 1. The third kappa shape index (κ3) is 3.25. The van der Waals surface area contributed by atoms with Crippen LogP contribution in [0.15, 0.2) is 11.6 Å². The molecule has 0 saturated heterocycles. The summed E-state index contributed by atoms with van der Waals surface area (Å²) < 4.78 is 5.22. The summed E-state index contributed by atoms with van der Waals surface area (Å²) in [6, 6.07) is 0. The Morgan fingerprint density at radius 2 is 2.05 bits per heavy atom. The van der Waals surface area contributed by atoms with E-state index in [9.17, 15) is 9.90 Å². The van der Waals surface area contributed by atoms with Crippen molar-refractivity contribution in [3.63, 3.8) is 0 Å². The third-order valence-electron chi connectivity index (χ3n) is 5.07. The van der Waals surface area contributed by atoms with Crippen LogP contribution in [0.25, 0.3) is 0 Å². The van der Waals surface area contributed by atoms with Gasteiger partial charge < -0.3 is 15.2 Å². The first-order chi connectivity index (χ1) is 9.43. The highest BCUT2D eigenvalue weighted by Crippen LogP contribution is 2.60. The van der Waals surface area contributed by atoms with E-state index < -0.39 is 17.3 Å². The van der Waals surface area contributed by atoms with E-state index >= 15 is 0 Å². The van der Waals surface area contributed by atoms with Gasteiger partial charge in [0.05, 0.1) is 6.54 Å². The lowest BCUT2D eigenvalue weighted by molar-refractivity contribution is -0.0399. The van der Waals surface area contributed by atoms with Crippen molar-refractivity contribution in [2.75, 3.05) is 6.54 Å². The van der Waals surface area contributed by atoms with E-state index in [1.54, 1.807) is 6.92 Å². The van der Waals surface area contributed by atoms with Crippen LogP contribution in [0.1, 0.15) is 54.4 Å². The Morgan fingerprint density at radius 3 is 2.52 bits per heavy atom. The number of rotatable bonds is 3. The van der Waals surface area contributed by atoms with Crippen molar-refractivity contribution in [3.05, 3.63) is 11.6 Å². The van der Waals surface area contributed by atoms with Gasteiger partial charge in [-0.1, -0.05) is 19.9 Å². The third-order valence-corrected chi connectivity index (χ3v) is 5.07. The second-order valence-electron chi connectivity index (χ2n) is 8.33. The maximum Gasteiger partial charge on any atom is 0.407 e. The van der Waals surface area contributed by atoms with E-state index in [2.05, 4.69) is 25.2 Å². The summed E-state index contributed by atoms with van der Waals surface area (Å²) >= 11 is 0. The van der Waals surface area contributed by atoms with Crippen molar-refractivity contribution >= 4 is 6.09 Å². The molecule has 0 aliphatic heterocycles. The molecular formula is C17H29NO3. The SMILES string of the molecule is CC(C)(C)OC(=O)NCC(C)(O)C1=CCC2CC1C2(C)C. The average Bonchev–Trinajstić information content (AvgIpc) is 2.34. The molecule has 21 heavy (non-hydrogen) atoms. The van der Waals surface area contributed by atoms with Gasteiger partial charge in [0.15, 0.2) is 0 Å². The molecule has 0 radical (unpaired) electrons. The van der Waals surface area contributed by atoms with Gasteiger partial charge in [-0.05, 0) is 63.4 Å². The van der Waals surface area contributed by atoms with Gasteiger partial charge in [0.2, 0.25) is 0 Å². The zero-order chi connectivity index (χ0) is 16.1. The molecule has 0 heterocycles. The van der Waals surface area contributed by atoms with E-state index in [4.69, 9.17) is 4.74 Å². The molecule has 120 valence electrons. The Morgan fingerprint density at radius 1 is 1.43 bits per heavy atom. The summed E-state index contributed by atoms with van der Waals surface area (Å²) in [7, 11) is 0. The highest BCUT2D eigenvalue weighted by molar-refractivity contribution is 5.67. The minimum Gasteiger partial charge on any atom is -0.444 e. The van der Waals surface area contributed by atoms with Gasteiger partial charge in [-0.15, -0.1) is 0 Å². The van der Waals surface area contributed by atoms with Crippen molar-refractivity contribution in [2.24, 2.45) is 17.3 Å². The van der Waals surface area contributed by atoms with E-state index in [1.165, 1.54) is 0 Å². The van der Waals surface area contributed by atoms with Crippen molar-refractivity contribution in [1.29, 1.82) is 0 Å². The summed E-state index contributed by atoms with van der Waals surface area (Å²) in [5.74, 6) is 1.16. The second-order valence-corrected chi connectivity index (χ2v) is 8.33.